The Morgan fingerprint density at radius 3 is 2.11 bits per heavy atom. The monoisotopic (exact) mass is 559 g/mol. The molecule has 1 amide bonds. The van der Waals surface area contributed by atoms with E-state index in [1.54, 1.807) is 50.2 Å². The molecule has 1 heterocycles. The fourth-order valence-electron chi connectivity index (χ4n) is 4.03. The Hall–Kier alpha value is -3.18. The Bertz CT molecular complexity index is 1690. The molecule has 0 aliphatic carbocycles. The van der Waals surface area contributed by atoms with Crippen molar-refractivity contribution >= 4 is 48.3 Å². The third-order valence-corrected chi connectivity index (χ3v) is 9.28. The van der Waals surface area contributed by atoms with Crippen molar-refractivity contribution in [2.24, 2.45) is 0 Å². The van der Waals surface area contributed by atoms with Crippen molar-refractivity contribution in [1.82, 2.24) is 15.0 Å². The molecule has 1 aromatic heterocycles. The number of sulfonamides is 1. The number of benzene rings is 3. The Balaban J connectivity index is 1.61. The molecule has 0 bridgehead atoms. The molecule has 0 unspecified atom stereocenters. The van der Waals surface area contributed by atoms with Gasteiger partial charge < -0.3 is 10.3 Å². The summed E-state index contributed by atoms with van der Waals surface area (Å²) in [4.78, 5) is 16.0. The van der Waals surface area contributed by atoms with Crippen LogP contribution in [0.4, 0.5) is 0 Å². The number of aryl methyl sites for hydroxylation is 3. The average Bonchev–Trinajstić information content (AvgIpc) is 3.21. The van der Waals surface area contributed by atoms with Gasteiger partial charge in [-0.1, -0.05) is 35.4 Å². The zero-order valence-electron chi connectivity index (χ0n) is 20.4. The molecule has 0 atom stereocenters. The molecule has 0 radical (unpaired) electrons. The maximum atomic E-state index is 13.8. The van der Waals surface area contributed by atoms with Crippen molar-refractivity contribution in [3.8, 4) is 0 Å². The Kier molecular flexibility index (Phi) is 7.48. The molecule has 0 spiro atoms. The van der Waals surface area contributed by atoms with Crippen molar-refractivity contribution in [2.75, 3.05) is 13.1 Å². The van der Waals surface area contributed by atoms with Crippen LogP contribution in [0.25, 0.3) is 10.9 Å². The molecular formula is C26H26ClN3O5S2. The van der Waals surface area contributed by atoms with Crippen molar-refractivity contribution in [3.63, 3.8) is 0 Å². The van der Waals surface area contributed by atoms with Gasteiger partial charge in [-0.25, -0.2) is 21.6 Å². The number of carbonyl (C=O) groups excluding carboxylic acids is 1. The maximum absolute atomic E-state index is 13.8. The number of halogens is 1. The second-order valence-electron chi connectivity index (χ2n) is 8.81. The summed E-state index contributed by atoms with van der Waals surface area (Å²) in [5.74, 6) is -0.690. The summed E-state index contributed by atoms with van der Waals surface area (Å²) in [6, 6.07) is 16.0. The lowest BCUT2D eigenvalue weighted by atomic mass is 10.2. The van der Waals surface area contributed by atoms with Crippen LogP contribution in [0.15, 0.2) is 75.4 Å². The van der Waals surface area contributed by atoms with Gasteiger partial charge >= 0.3 is 0 Å². The molecule has 0 aliphatic heterocycles. The highest BCUT2D eigenvalue weighted by atomic mass is 35.5. The summed E-state index contributed by atoms with van der Waals surface area (Å²) in [7, 11) is -7.88. The van der Waals surface area contributed by atoms with Crippen LogP contribution in [0, 0.1) is 20.8 Å². The van der Waals surface area contributed by atoms with E-state index in [2.05, 4.69) is 15.0 Å². The average molecular weight is 560 g/mol. The molecule has 0 fully saturated rings. The van der Waals surface area contributed by atoms with Crippen LogP contribution in [-0.2, 0) is 19.9 Å². The van der Waals surface area contributed by atoms with E-state index < -0.39 is 25.8 Å². The first kappa shape index (κ1) is 26.9. The van der Waals surface area contributed by atoms with Crippen LogP contribution in [0.2, 0.25) is 5.02 Å². The van der Waals surface area contributed by atoms with E-state index in [-0.39, 0.29) is 38.9 Å². The second kappa shape index (κ2) is 10.3. The predicted molar refractivity (Wildman–Crippen MR) is 143 cm³/mol. The summed E-state index contributed by atoms with van der Waals surface area (Å²) >= 11 is 6.16. The van der Waals surface area contributed by atoms with E-state index >= 15 is 0 Å². The molecule has 194 valence electrons. The molecule has 8 nitrogen and oxygen atoms in total. The number of aromatic amines is 1. The number of hydrogen-bond acceptors (Lipinski definition) is 5. The van der Waals surface area contributed by atoms with Gasteiger partial charge in [0.15, 0.2) is 0 Å². The number of sulfone groups is 1. The van der Waals surface area contributed by atoms with Crippen molar-refractivity contribution in [1.29, 1.82) is 0 Å². The van der Waals surface area contributed by atoms with E-state index in [9.17, 15) is 21.6 Å². The maximum Gasteiger partial charge on any atom is 0.269 e. The number of H-pyrrole nitrogens is 1. The Labute approximate surface area is 221 Å². The van der Waals surface area contributed by atoms with Crippen molar-refractivity contribution < 1.29 is 21.6 Å². The number of carbonyl (C=O) groups is 1. The SMILES string of the molecule is Cc1ccc(S(=O)(=O)NCCNC(=O)c2[nH]c3ccc(Cl)cc3c2S(=O)(=O)c2cc(C)cc(C)c2)cc1. The summed E-state index contributed by atoms with van der Waals surface area (Å²) in [6.07, 6.45) is 0. The lowest BCUT2D eigenvalue weighted by Gasteiger charge is -2.11. The van der Waals surface area contributed by atoms with Crippen LogP contribution < -0.4 is 10.0 Å². The van der Waals surface area contributed by atoms with E-state index in [1.165, 1.54) is 18.2 Å². The number of hydrogen-bond donors (Lipinski definition) is 3. The van der Waals surface area contributed by atoms with Crippen LogP contribution >= 0.6 is 11.6 Å². The van der Waals surface area contributed by atoms with Crippen molar-refractivity contribution in [3.05, 3.63) is 88.1 Å². The van der Waals surface area contributed by atoms with E-state index in [1.807, 2.05) is 13.0 Å². The fourth-order valence-corrected chi connectivity index (χ4v) is 7.03. The molecule has 4 aromatic rings. The highest BCUT2D eigenvalue weighted by Gasteiger charge is 2.30. The third kappa shape index (κ3) is 5.72. The van der Waals surface area contributed by atoms with Crippen LogP contribution in [0.3, 0.4) is 0 Å². The van der Waals surface area contributed by atoms with Gasteiger partial charge in [0, 0.05) is 29.0 Å². The first-order valence-corrected chi connectivity index (χ1v) is 14.7. The van der Waals surface area contributed by atoms with Crippen LogP contribution in [-0.4, -0.2) is 40.8 Å². The minimum atomic E-state index is -4.12. The summed E-state index contributed by atoms with van der Waals surface area (Å²) in [6.45, 7) is 5.29. The number of nitrogens with one attached hydrogen (secondary N) is 3. The highest BCUT2D eigenvalue weighted by molar-refractivity contribution is 7.91. The molecule has 37 heavy (non-hydrogen) atoms. The summed E-state index contributed by atoms with van der Waals surface area (Å²) in [5, 5.41) is 3.21. The minimum absolute atomic E-state index is 0.0609. The standard InChI is InChI=1S/C26H26ClN3O5S2/c1-16-4-7-20(8-5-16)37(34,35)29-11-10-28-26(31)24-25(22-15-19(27)6-9-23(22)30-24)36(32,33)21-13-17(2)12-18(3)14-21/h4-9,12-15,29-30H,10-11H2,1-3H3,(H,28,31). The van der Waals surface area contributed by atoms with Gasteiger partial charge in [0.25, 0.3) is 5.91 Å². The van der Waals surface area contributed by atoms with Gasteiger partial charge in [-0.15, -0.1) is 0 Å². The zero-order chi connectivity index (χ0) is 27.0. The molecule has 0 aliphatic rings. The lowest BCUT2D eigenvalue weighted by Crippen LogP contribution is -2.35. The van der Waals surface area contributed by atoms with Gasteiger partial charge in [0.05, 0.1) is 9.79 Å². The topological polar surface area (TPSA) is 125 Å². The van der Waals surface area contributed by atoms with Crippen molar-refractivity contribution in [2.45, 2.75) is 35.5 Å². The minimum Gasteiger partial charge on any atom is -0.349 e. The largest absolute Gasteiger partial charge is 0.349 e. The quantitative estimate of drug-likeness (QED) is 0.278. The number of rotatable bonds is 8. The zero-order valence-corrected chi connectivity index (χ0v) is 22.8. The van der Waals surface area contributed by atoms with Gasteiger partial charge in [-0.05, 0) is 74.4 Å². The van der Waals surface area contributed by atoms with E-state index in [0.29, 0.717) is 10.5 Å². The van der Waals surface area contributed by atoms with E-state index in [4.69, 9.17) is 11.6 Å². The Morgan fingerprint density at radius 2 is 1.46 bits per heavy atom. The number of fused-ring (bicyclic) bond motifs is 1. The lowest BCUT2D eigenvalue weighted by molar-refractivity contribution is 0.0947. The molecule has 0 saturated heterocycles. The van der Waals surface area contributed by atoms with Gasteiger partial charge in [-0.3, -0.25) is 4.79 Å². The third-order valence-electron chi connectivity index (χ3n) is 5.75. The molecule has 0 saturated carbocycles. The summed E-state index contributed by atoms with van der Waals surface area (Å²) < 4.78 is 54.9. The number of aromatic nitrogens is 1. The molecule has 3 aromatic carbocycles. The molecule has 4 rings (SSSR count). The normalized spacial score (nSPS) is 12.1. The van der Waals surface area contributed by atoms with Crippen LogP contribution in [0.5, 0.6) is 0 Å². The summed E-state index contributed by atoms with van der Waals surface area (Å²) in [5.41, 5.74) is 2.74. The van der Waals surface area contributed by atoms with Gasteiger partial charge in [0.2, 0.25) is 19.9 Å². The second-order valence-corrected chi connectivity index (χ2v) is 12.9. The first-order chi connectivity index (χ1) is 17.4. The number of amides is 1. The highest BCUT2D eigenvalue weighted by Crippen LogP contribution is 2.34. The predicted octanol–water partition coefficient (Wildman–Crippen LogP) is 4.29. The fraction of sp³-hybridized carbons (Fsp3) is 0.192. The first-order valence-electron chi connectivity index (χ1n) is 11.4. The molecule has 3 N–H and O–H groups in total. The molecular weight excluding hydrogens is 534 g/mol. The van der Waals surface area contributed by atoms with Gasteiger partial charge in [-0.2, -0.15) is 0 Å². The smallest absolute Gasteiger partial charge is 0.269 e. The van der Waals surface area contributed by atoms with Gasteiger partial charge in [0.1, 0.15) is 10.6 Å². The van der Waals surface area contributed by atoms with E-state index in [0.717, 1.165) is 16.7 Å². The Morgan fingerprint density at radius 1 is 0.811 bits per heavy atom. The molecule has 11 heteroatoms. The van der Waals surface area contributed by atoms with Crippen LogP contribution in [0.1, 0.15) is 27.2 Å².